The van der Waals surface area contributed by atoms with Crippen LogP contribution in [0.25, 0.3) is 0 Å². The van der Waals surface area contributed by atoms with Crippen LogP contribution in [-0.4, -0.2) is 81.5 Å². The lowest BCUT2D eigenvalue weighted by Crippen LogP contribution is -2.52. The third-order valence-corrected chi connectivity index (χ3v) is 2.54. The number of nitrogens with one attached hydrogen (secondary N) is 1. The maximum Gasteiger partial charge on any atom is 0.359 e. The van der Waals surface area contributed by atoms with Crippen LogP contribution in [0.1, 0.15) is 6.42 Å². The highest BCUT2D eigenvalue weighted by atomic mass is 16.4. The quantitative estimate of drug-likeness (QED) is 0.216. The second-order valence-electron chi connectivity index (χ2n) is 4.62. The van der Waals surface area contributed by atoms with E-state index in [0.717, 1.165) is 0 Å². The molecule has 0 radical (unpaired) electrons. The molecule has 0 heterocycles. The van der Waals surface area contributed by atoms with Gasteiger partial charge < -0.3 is 25.7 Å². The predicted molar refractivity (Wildman–Crippen MR) is 72.0 cm³/mol. The van der Waals surface area contributed by atoms with Crippen LogP contribution in [0.4, 0.5) is 0 Å². The molecular weight excluding hydrogens is 300 g/mol. The van der Waals surface area contributed by atoms with E-state index in [0.29, 0.717) is 6.42 Å². The summed E-state index contributed by atoms with van der Waals surface area (Å²) >= 11 is 0. The Bertz CT molecular complexity index is 419. The van der Waals surface area contributed by atoms with Gasteiger partial charge in [0.1, 0.15) is 0 Å². The van der Waals surface area contributed by atoms with Gasteiger partial charge in [-0.15, -0.1) is 0 Å². The fourth-order valence-corrected chi connectivity index (χ4v) is 1.81. The summed E-state index contributed by atoms with van der Waals surface area (Å²) in [6.07, 6.45) is 2.95. The number of aliphatic carboxylic acids is 4. The summed E-state index contributed by atoms with van der Waals surface area (Å²) in [7, 11) is 0. The van der Waals surface area contributed by atoms with Gasteiger partial charge in [-0.25, -0.2) is 14.4 Å². The Morgan fingerprint density at radius 1 is 0.818 bits per heavy atom. The van der Waals surface area contributed by atoms with Gasteiger partial charge in [0.05, 0.1) is 12.7 Å². The van der Waals surface area contributed by atoms with E-state index in [4.69, 9.17) is 20.4 Å². The van der Waals surface area contributed by atoms with Gasteiger partial charge in [-0.3, -0.25) is 9.28 Å². The Labute approximate surface area is 125 Å². The van der Waals surface area contributed by atoms with Crippen molar-refractivity contribution < 1.29 is 44.1 Å². The van der Waals surface area contributed by atoms with Gasteiger partial charge in [-0.2, -0.15) is 0 Å². The highest BCUT2D eigenvalue weighted by molar-refractivity contribution is 5.73. The minimum atomic E-state index is -1.32. The van der Waals surface area contributed by atoms with Gasteiger partial charge in [0.25, 0.3) is 0 Å². The fraction of sp³-hybridized carbons (Fsp3) is 0.500. The summed E-state index contributed by atoms with van der Waals surface area (Å²) in [4.78, 5) is 42.9. The zero-order valence-corrected chi connectivity index (χ0v) is 11.8. The van der Waals surface area contributed by atoms with Gasteiger partial charge >= 0.3 is 23.9 Å². The number of hydrogen-bond donors (Lipinski definition) is 5. The van der Waals surface area contributed by atoms with E-state index in [-0.39, 0.29) is 13.1 Å². The molecule has 0 bridgehead atoms. The number of carboxylic acids is 4. The molecule has 0 aromatic rings. The Balaban J connectivity index is 4.86. The van der Waals surface area contributed by atoms with Crippen molar-refractivity contribution in [1.82, 2.24) is 5.32 Å². The molecule has 124 valence electrons. The normalized spacial score (nSPS) is 11.5. The molecule has 0 aromatic heterocycles. The van der Waals surface area contributed by atoms with Crippen LogP contribution in [0, 0.1) is 0 Å². The maximum atomic E-state index is 10.9. The molecule has 0 fully saturated rings. The van der Waals surface area contributed by atoms with Gasteiger partial charge in [0.2, 0.25) is 0 Å². The zero-order valence-electron chi connectivity index (χ0n) is 11.8. The lowest BCUT2D eigenvalue weighted by molar-refractivity contribution is -0.857. The van der Waals surface area contributed by atoms with Crippen molar-refractivity contribution in [3.63, 3.8) is 0 Å². The van der Waals surface area contributed by atoms with E-state index in [1.54, 1.807) is 0 Å². The average molecular weight is 319 g/mol. The number of carbonyl (C=O) groups is 4. The molecule has 0 saturated carbocycles. The summed E-state index contributed by atoms with van der Waals surface area (Å²) in [5.74, 6) is -5.00. The van der Waals surface area contributed by atoms with E-state index in [1.165, 1.54) is 12.3 Å². The summed E-state index contributed by atoms with van der Waals surface area (Å²) in [6.45, 7) is -2.02. The van der Waals surface area contributed by atoms with Crippen LogP contribution >= 0.6 is 0 Å². The van der Waals surface area contributed by atoms with Gasteiger partial charge in [-0.1, -0.05) is 0 Å². The van der Waals surface area contributed by atoms with E-state index in [9.17, 15) is 19.2 Å². The molecule has 10 nitrogen and oxygen atoms in total. The van der Waals surface area contributed by atoms with E-state index in [1.807, 2.05) is 0 Å². The molecule has 0 spiro atoms. The van der Waals surface area contributed by atoms with Crippen LogP contribution in [0.15, 0.2) is 12.3 Å². The summed E-state index contributed by atoms with van der Waals surface area (Å²) in [5.41, 5.74) is 0. The van der Waals surface area contributed by atoms with E-state index in [2.05, 4.69) is 5.32 Å². The average Bonchev–Trinajstić information content (AvgIpc) is 2.30. The van der Waals surface area contributed by atoms with Crippen molar-refractivity contribution in [1.29, 1.82) is 0 Å². The van der Waals surface area contributed by atoms with Crippen molar-refractivity contribution in [3.05, 3.63) is 12.3 Å². The molecule has 22 heavy (non-hydrogen) atoms. The second kappa shape index (κ2) is 9.47. The summed E-state index contributed by atoms with van der Waals surface area (Å²) in [6, 6.07) is 0. The molecular formula is C12H19N2O8+. The molecule has 0 aliphatic carbocycles. The molecule has 0 aromatic carbocycles. The number of nitrogens with zero attached hydrogens (tertiary/aromatic N) is 1. The second-order valence-corrected chi connectivity index (χ2v) is 4.62. The Morgan fingerprint density at radius 2 is 1.27 bits per heavy atom. The Hall–Kier alpha value is -2.46. The van der Waals surface area contributed by atoms with Gasteiger partial charge in [0, 0.05) is 0 Å². The largest absolute Gasteiger partial charge is 0.480 e. The van der Waals surface area contributed by atoms with Crippen molar-refractivity contribution in [3.8, 4) is 0 Å². The van der Waals surface area contributed by atoms with Crippen LogP contribution in [0.3, 0.4) is 0 Å². The van der Waals surface area contributed by atoms with E-state index >= 15 is 0 Å². The molecule has 0 aliphatic rings. The lowest BCUT2D eigenvalue weighted by Gasteiger charge is -2.29. The van der Waals surface area contributed by atoms with Crippen LogP contribution in [0.5, 0.6) is 0 Å². The minimum absolute atomic E-state index is 0.243. The van der Waals surface area contributed by atoms with Crippen molar-refractivity contribution >= 4 is 23.9 Å². The molecule has 5 N–H and O–H groups in total. The van der Waals surface area contributed by atoms with Crippen LogP contribution in [0.2, 0.25) is 0 Å². The van der Waals surface area contributed by atoms with Crippen LogP contribution < -0.4 is 5.32 Å². The van der Waals surface area contributed by atoms with E-state index < -0.39 is 48.0 Å². The molecule has 0 saturated heterocycles. The molecule has 0 aliphatic heterocycles. The standard InChI is InChI=1S/C12H18N2O8/c15-9(16)5-13-3-1-2-4-14(6-10(17)18,7-11(19)20)8-12(21)22/h2,4,13H,1,3,5-8H2,(H3-,15,16,17,18,19,20,21,22)/p+1. The lowest BCUT2D eigenvalue weighted by atomic mass is 10.3. The first-order valence-electron chi connectivity index (χ1n) is 6.28. The molecule has 0 atom stereocenters. The van der Waals surface area contributed by atoms with Crippen LogP contribution in [-0.2, 0) is 19.2 Å². The third-order valence-electron chi connectivity index (χ3n) is 2.54. The Morgan fingerprint density at radius 3 is 1.64 bits per heavy atom. The van der Waals surface area contributed by atoms with Crippen molar-refractivity contribution in [2.45, 2.75) is 6.42 Å². The number of rotatable bonds is 12. The monoisotopic (exact) mass is 319 g/mol. The predicted octanol–water partition coefficient (Wildman–Crippen LogP) is -1.36. The highest BCUT2D eigenvalue weighted by Crippen LogP contribution is 2.09. The first-order valence-corrected chi connectivity index (χ1v) is 6.28. The van der Waals surface area contributed by atoms with Crippen molar-refractivity contribution in [2.75, 3.05) is 32.7 Å². The zero-order chi connectivity index (χ0) is 17.2. The molecule has 0 rings (SSSR count). The van der Waals surface area contributed by atoms with Crippen molar-refractivity contribution in [2.24, 2.45) is 0 Å². The van der Waals surface area contributed by atoms with Gasteiger partial charge in [0.15, 0.2) is 19.6 Å². The summed E-state index contributed by atoms with van der Waals surface area (Å²) < 4.78 is -0.765. The SMILES string of the molecule is O=C(O)CNCCC=C[N+](CC(=O)O)(CC(=O)O)CC(=O)O. The topological polar surface area (TPSA) is 161 Å². The van der Waals surface area contributed by atoms with Gasteiger partial charge in [-0.05, 0) is 19.0 Å². The smallest absolute Gasteiger partial charge is 0.359 e. The molecule has 10 heteroatoms. The summed E-state index contributed by atoms with van der Waals surface area (Å²) in [5, 5.41) is 37.6. The maximum absolute atomic E-state index is 10.9. The minimum Gasteiger partial charge on any atom is -0.480 e. The Kier molecular flexibility index (Phi) is 8.41. The molecule has 0 amide bonds. The molecule has 0 unspecified atom stereocenters. The highest BCUT2D eigenvalue weighted by Gasteiger charge is 2.34. The number of hydrogen-bond acceptors (Lipinski definition) is 5. The number of carboxylic acid groups (broad SMARTS) is 4. The third kappa shape index (κ3) is 9.44. The first-order chi connectivity index (χ1) is 10.2. The first kappa shape index (κ1) is 19.5. The fourth-order valence-electron chi connectivity index (χ4n) is 1.81. The number of quaternary nitrogens is 1.